The Morgan fingerprint density at radius 2 is 1.56 bits per heavy atom. The van der Waals surface area contributed by atoms with E-state index in [1.165, 1.54) is 22.6 Å². The van der Waals surface area contributed by atoms with Gasteiger partial charge in [-0.1, -0.05) is 0 Å². The van der Waals surface area contributed by atoms with Crippen molar-refractivity contribution in [2.75, 3.05) is 0 Å². The van der Waals surface area contributed by atoms with E-state index in [-0.39, 0.29) is 0 Å². The van der Waals surface area contributed by atoms with Crippen molar-refractivity contribution in [1.82, 2.24) is 0 Å². The molecule has 0 radical (unpaired) electrons. The van der Waals surface area contributed by atoms with Gasteiger partial charge in [-0.3, -0.25) is 4.79 Å². The van der Waals surface area contributed by atoms with Gasteiger partial charge in [0.2, 0.25) is 0 Å². The molecule has 0 heterocycles. The van der Waals surface area contributed by atoms with Crippen LogP contribution in [0.25, 0.3) is 0 Å². The van der Waals surface area contributed by atoms with Gasteiger partial charge in [0.1, 0.15) is 0 Å². The van der Waals surface area contributed by atoms with E-state index in [1.54, 1.807) is 0 Å². The quantitative estimate of drug-likeness (QED) is 0.378. The Bertz CT molecular complexity index is 493. The van der Waals surface area contributed by atoms with Gasteiger partial charge in [0, 0.05) is 3.57 Å². The fourth-order valence-electron chi connectivity index (χ4n) is 1.29. The van der Waals surface area contributed by atoms with E-state index < -0.39 is 37.9 Å². The third-order valence-electron chi connectivity index (χ3n) is 1.94. The molecule has 0 bridgehead atoms. The number of hydrogen-bond donors (Lipinski definition) is 0. The van der Waals surface area contributed by atoms with Crippen LogP contribution in [0.3, 0.4) is 0 Å². The van der Waals surface area contributed by atoms with Crippen LogP contribution < -0.4 is 0 Å². The maximum atomic E-state index is 12.7. The number of hydrogen-bond acceptors (Lipinski definition) is 1. The number of benzene rings is 1. The lowest BCUT2D eigenvalue weighted by atomic mass is 10.0. The SMILES string of the molecule is O=C(Cl)c1c(C(F)(F)F)ccc(I)c1C(F)(F)F. The Kier molecular flexibility index (Phi) is 4.21. The molecule has 0 amide bonds. The van der Waals surface area contributed by atoms with Crippen LogP contribution >= 0.6 is 34.2 Å². The zero-order valence-corrected chi connectivity index (χ0v) is 11.0. The molecule has 1 rings (SSSR count). The van der Waals surface area contributed by atoms with Crippen LogP contribution in [0, 0.1) is 3.57 Å². The highest BCUT2D eigenvalue weighted by Crippen LogP contribution is 2.42. The molecular weight excluding hydrogens is 400 g/mol. The lowest BCUT2D eigenvalue weighted by Gasteiger charge is -2.17. The lowest BCUT2D eigenvalue weighted by molar-refractivity contribution is -0.144. The minimum absolute atomic E-state index is 0.395. The van der Waals surface area contributed by atoms with Crippen LogP contribution in [0.5, 0.6) is 0 Å². The minimum Gasteiger partial charge on any atom is -0.276 e. The second-order valence-electron chi connectivity index (χ2n) is 3.11. The van der Waals surface area contributed by atoms with Gasteiger partial charge in [0.25, 0.3) is 5.24 Å². The van der Waals surface area contributed by atoms with Crippen molar-refractivity contribution < 1.29 is 31.1 Å². The summed E-state index contributed by atoms with van der Waals surface area (Å²) in [5.41, 5.74) is -4.93. The van der Waals surface area contributed by atoms with Gasteiger partial charge in [-0.2, -0.15) is 26.3 Å². The molecule has 0 aliphatic carbocycles. The molecule has 9 heteroatoms. The summed E-state index contributed by atoms with van der Waals surface area (Å²) in [4.78, 5) is 10.9. The summed E-state index contributed by atoms with van der Waals surface area (Å²) < 4.78 is 75.0. The van der Waals surface area contributed by atoms with Crippen LogP contribution in [0.4, 0.5) is 26.3 Å². The number of rotatable bonds is 1. The van der Waals surface area contributed by atoms with Gasteiger partial charge < -0.3 is 0 Å². The first-order valence-corrected chi connectivity index (χ1v) is 5.58. The molecule has 1 aromatic carbocycles. The average molecular weight is 402 g/mol. The maximum Gasteiger partial charge on any atom is 0.418 e. The number of alkyl halides is 6. The molecule has 100 valence electrons. The van der Waals surface area contributed by atoms with E-state index >= 15 is 0 Å². The second kappa shape index (κ2) is 4.87. The average Bonchev–Trinajstić information content (AvgIpc) is 2.12. The molecule has 1 aromatic rings. The molecule has 0 N–H and O–H groups in total. The van der Waals surface area contributed by atoms with Gasteiger partial charge in [-0.15, -0.1) is 0 Å². The van der Waals surface area contributed by atoms with Crippen molar-refractivity contribution in [1.29, 1.82) is 0 Å². The summed E-state index contributed by atoms with van der Waals surface area (Å²) in [5, 5.41) is -1.80. The number of carbonyl (C=O) groups is 1. The van der Waals surface area contributed by atoms with Crippen molar-refractivity contribution >= 4 is 39.4 Å². The van der Waals surface area contributed by atoms with Crippen LogP contribution in [-0.4, -0.2) is 5.24 Å². The van der Waals surface area contributed by atoms with Crippen LogP contribution in [0.1, 0.15) is 21.5 Å². The highest BCUT2D eigenvalue weighted by atomic mass is 127. The Morgan fingerprint density at radius 1 is 1.06 bits per heavy atom. The van der Waals surface area contributed by atoms with Gasteiger partial charge in [-0.05, 0) is 46.3 Å². The highest BCUT2D eigenvalue weighted by molar-refractivity contribution is 14.1. The molecule has 0 spiro atoms. The Hall–Kier alpha value is -0.510. The first kappa shape index (κ1) is 15.5. The van der Waals surface area contributed by atoms with Crippen LogP contribution in [0.2, 0.25) is 0 Å². The van der Waals surface area contributed by atoms with Crippen molar-refractivity contribution in [2.45, 2.75) is 12.4 Å². The molecule has 0 saturated carbocycles. The Morgan fingerprint density at radius 3 is 1.89 bits per heavy atom. The summed E-state index contributed by atoms with van der Waals surface area (Å²) in [6, 6.07) is 1.03. The van der Waals surface area contributed by atoms with E-state index in [0.29, 0.717) is 12.1 Å². The minimum atomic E-state index is -5.10. The summed E-state index contributed by atoms with van der Waals surface area (Å²) in [5.74, 6) is 0. The monoisotopic (exact) mass is 402 g/mol. The molecule has 0 aromatic heterocycles. The zero-order valence-electron chi connectivity index (χ0n) is 8.09. The summed E-state index contributed by atoms with van der Waals surface area (Å²) >= 11 is 6.05. The van der Waals surface area contributed by atoms with E-state index in [1.807, 2.05) is 0 Å². The third-order valence-corrected chi connectivity index (χ3v) is 3.03. The zero-order chi connectivity index (χ0) is 14.3. The lowest BCUT2D eigenvalue weighted by Crippen LogP contribution is -2.19. The van der Waals surface area contributed by atoms with Gasteiger partial charge >= 0.3 is 12.4 Å². The van der Waals surface area contributed by atoms with Crippen LogP contribution in [0.15, 0.2) is 12.1 Å². The fraction of sp³-hybridized carbons (Fsp3) is 0.222. The Labute approximate surface area is 115 Å². The summed E-state index contributed by atoms with van der Waals surface area (Å²) in [7, 11) is 0. The first-order chi connectivity index (χ1) is 7.96. The molecule has 0 unspecified atom stereocenters. The molecule has 18 heavy (non-hydrogen) atoms. The first-order valence-electron chi connectivity index (χ1n) is 4.13. The molecule has 0 saturated heterocycles. The normalized spacial score (nSPS) is 12.7. The molecule has 0 atom stereocenters. The molecule has 1 nitrogen and oxygen atoms in total. The fourth-order valence-corrected chi connectivity index (χ4v) is 2.25. The smallest absolute Gasteiger partial charge is 0.276 e. The van der Waals surface area contributed by atoms with E-state index in [4.69, 9.17) is 11.6 Å². The molecule has 0 aliphatic rings. The predicted octanol–water partition coefficient (Wildman–Crippen LogP) is 4.71. The second-order valence-corrected chi connectivity index (χ2v) is 4.62. The molecular formula is C9H2ClF6IO. The van der Waals surface area contributed by atoms with Crippen molar-refractivity contribution in [3.63, 3.8) is 0 Å². The third kappa shape index (κ3) is 3.08. The Balaban J connectivity index is 3.76. The van der Waals surface area contributed by atoms with Gasteiger partial charge in [-0.25, -0.2) is 0 Å². The largest absolute Gasteiger partial charge is 0.418 e. The standard InChI is InChI=1S/C9H2ClF6IO/c10-7(18)5-3(8(11,12)13)1-2-4(17)6(5)9(14,15)16/h1-2H. The van der Waals surface area contributed by atoms with E-state index in [0.717, 1.165) is 0 Å². The highest BCUT2D eigenvalue weighted by Gasteiger charge is 2.44. The maximum absolute atomic E-state index is 12.7. The molecule has 0 fully saturated rings. The number of halogens is 8. The predicted molar refractivity (Wildman–Crippen MR) is 59.3 cm³/mol. The van der Waals surface area contributed by atoms with Crippen molar-refractivity contribution in [3.05, 3.63) is 32.4 Å². The summed E-state index contributed by atoms with van der Waals surface area (Å²) in [6.07, 6.45) is -10.2. The number of carbonyl (C=O) groups excluding carboxylic acids is 1. The van der Waals surface area contributed by atoms with Crippen LogP contribution in [-0.2, 0) is 12.4 Å². The van der Waals surface area contributed by atoms with E-state index in [2.05, 4.69) is 0 Å². The van der Waals surface area contributed by atoms with Crippen molar-refractivity contribution in [2.24, 2.45) is 0 Å². The molecule has 0 aliphatic heterocycles. The van der Waals surface area contributed by atoms with E-state index in [9.17, 15) is 31.1 Å². The summed E-state index contributed by atoms with van der Waals surface area (Å²) in [6.45, 7) is 0. The van der Waals surface area contributed by atoms with Gasteiger partial charge in [0.15, 0.2) is 0 Å². The van der Waals surface area contributed by atoms with Gasteiger partial charge in [0.05, 0.1) is 16.7 Å². The van der Waals surface area contributed by atoms with Crippen molar-refractivity contribution in [3.8, 4) is 0 Å². The topological polar surface area (TPSA) is 17.1 Å².